The van der Waals surface area contributed by atoms with Crippen molar-refractivity contribution in [3.63, 3.8) is 0 Å². The topological polar surface area (TPSA) is 162 Å². The fourth-order valence-electron chi connectivity index (χ4n) is 9.40. The summed E-state index contributed by atoms with van der Waals surface area (Å²) in [7, 11) is 0. The molecule has 3 aromatic rings. The van der Waals surface area contributed by atoms with Gasteiger partial charge in [-0.2, -0.15) is 5.10 Å². The highest BCUT2D eigenvalue weighted by Crippen LogP contribution is 2.32. The van der Waals surface area contributed by atoms with E-state index in [9.17, 15) is 19.2 Å². The molecule has 0 spiro atoms. The number of H-pyrrole nitrogens is 1. The van der Waals surface area contributed by atoms with Crippen LogP contribution in [0.25, 0.3) is 16.6 Å². The van der Waals surface area contributed by atoms with Crippen molar-refractivity contribution in [1.82, 2.24) is 45.3 Å². The number of carbonyl (C=O) groups is 4. The predicted octanol–water partition coefficient (Wildman–Crippen LogP) is 3.72. The number of rotatable bonds is 10. The Morgan fingerprint density at radius 3 is 2.20 bits per heavy atom. The summed E-state index contributed by atoms with van der Waals surface area (Å²) in [5, 5.41) is 14.5. The monoisotopic (exact) mass is 840 g/mol. The van der Waals surface area contributed by atoms with E-state index in [1.165, 1.54) is 12.8 Å². The van der Waals surface area contributed by atoms with Gasteiger partial charge in [0.15, 0.2) is 0 Å². The van der Waals surface area contributed by atoms with Gasteiger partial charge in [0.25, 0.3) is 11.8 Å². The van der Waals surface area contributed by atoms with Gasteiger partial charge in [0.1, 0.15) is 30.0 Å². The number of piperazine rings is 2. The first-order valence-corrected chi connectivity index (χ1v) is 22.3. The number of imide groups is 2. The minimum Gasteiger partial charge on any atom is -0.491 e. The molecule has 330 valence electrons. The van der Waals surface area contributed by atoms with Crippen LogP contribution in [-0.4, -0.2) is 168 Å². The number of benzene rings is 2. The Bertz CT molecular complexity index is 2170. The fourth-order valence-corrected chi connectivity index (χ4v) is 9.40. The maximum Gasteiger partial charge on any atom is 0.262 e. The molecule has 4 saturated heterocycles. The SMILES string of the molecule is CC.CC(C)Oc1ccc2[nH]nc(C3=CC(N4CCN(CCN5CCC(CN6CCN(c7ccc8c(c7)C(=O)N(C7CCC(=O)NC7=O)C8=O)CC6)CC5)CC4)=NCN3)c2c1.[HH].[HH]. The molecule has 4 amide bonds. The number of fused-ring (bicyclic) bond motifs is 2. The molecule has 7 heterocycles. The second kappa shape index (κ2) is 18.7. The lowest BCUT2D eigenvalue weighted by Gasteiger charge is -2.40. The Hall–Kier alpha value is -5.32. The maximum absolute atomic E-state index is 13.3. The van der Waals surface area contributed by atoms with E-state index >= 15 is 0 Å². The minimum atomic E-state index is -0.953. The summed E-state index contributed by atoms with van der Waals surface area (Å²) in [6, 6.07) is 10.5. The van der Waals surface area contributed by atoms with Crippen molar-refractivity contribution < 1.29 is 26.8 Å². The number of piperidine rings is 2. The van der Waals surface area contributed by atoms with Gasteiger partial charge in [0.05, 0.1) is 28.4 Å². The van der Waals surface area contributed by atoms with Crippen molar-refractivity contribution in [3.05, 3.63) is 59.3 Å². The third kappa shape index (κ3) is 9.31. The summed E-state index contributed by atoms with van der Waals surface area (Å²) in [4.78, 5) is 68.9. The number of aromatic amines is 1. The van der Waals surface area contributed by atoms with E-state index in [-0.39, 0.29) is 27.7 Å². The largest absolute Gasteiger partial charge is 0.491 e. The Labute approximate surface area is 361 Å². The van der Waals surface area contributed by atoms with Crippen molar-refractivity contribution in [2.24, 2.45) is 10.9 Å². The average Bonchev–Trinajstić information content (AvgIpc) is 3.81. The van der Waals surface area contributed by atoms with Crippen LogP contribution in [0.2, 0.25) is 0 Å². The second-order valence-electron chi connectivity index (χ2n) is 16.9. The number of nitrogens with one attached hydrogen (secondary N) is 3. The highest BCUT2D eigenvalue weighted by Gasteiger charge is 2.45. The summed E-state index contributed by atoms with van der Waals surface area (Å²) >= 11 is 0. The summed E-state index contributed by atoms with van der Waals surface area (Å²) < 4.78 is 5.95. The van der Waals surface area contributed by atoms with E-state index in [0.717, 1.165) is 130 Å². The lowest BCUT2D eigenvalue weighted by atomic mass is 9.96. The third-order valence-corrected chi connectivity index (χ3v) is 12.8. The van der Waals surface area contributed by atoms with Crippen molar-refractivity contribution in [3.8, 4) is 5.75 Å². The van der Waals surface area contributed by atoms with Gasteiger partial charge in [-0.15, -0.1) is 0 Å². The highest BCUT2D eigenvalue weighted by atomic mass is 16.5. The van der Waals surface area contributed by atoms with Crippen LogP contribution in [0.4, 0.5) is 5.69 Å². The van der Waals surface area contributed by atoms with E-state index in [2.05, 4.69) is 57.5 Å². The molecule has 6 aliphatic heterocycles. The van der Waals surface area contributed by atoms with Gasteiger partial charge in [-0.25, -0.2) is 4.99 Å². The molecular weight excluding hydrogens is 775 g/mol. The van der Waals surface area contributed by atoms with Crippen molar-refractivity contribution in [2.75, 3.05) is 96.7 Å². The second-order valence-corrected chi connectivity index (χ2v) is 16.9. The summed E-state index contributed by atoms with van der Waals surface area (Å²) in [5.74, 6) is 0.658. The predicted molar refractivity (Wildman–Crippen MR) is 240 cm³/mol. The van der Waals surface area contributed by atoms with Crippen molar-refractivity contribution in [2.45, 2.75) is 65.5 Å². The number of likely N-dealkylation sites (tertiary alicyclic amines) is 1. The Morgan fingerprint density at radius 2 is 1.48 bits per heavy atom. The molecule has 61 heavy (non-hydrogen) atoms. The number of hydrogen-bond acceptors (Lipinski definition) is 13. The molecule has 2 aromatic carbocycles. The van der Waals surface area contributed by atoms with Crippen LogP contribution < -0.4 is 20.3 Å². The molecule has 1 atom stereocenters. The van der Waals surface area contributed by atoms with Crippen molar-refractivity contribution in [1.29, 1.82) is 0 Å². The van der Waals surface area contributed by atoms with Gasteiger partial charge in [-0.1, -0.05) is 13.8 Å². The first-order valence-electron chi connectivity index (χ1n) is 22.3. The van der Waals surface area contributed by atoms with Crippen LogP contribution in [0.5, 0.6) is 5.75 Å². The van der Waals surface area contributed by atoms with E-state index in [4.69, 9.17) is 9.73 Å². The number of aromatic nitrogens is 2. The molecule has 0 radical (unpaired) electrons. The number of nitrogens with zero attached hydrogens (tertiary/aromatic N) is 8. The lowest BCUT2D eigenvalue weighted by Crippen LogP contribution is -2.54. The molecule has 16 nitrogen and oxygen atoms in total. The van der Waals surface area contributed by atoms with Gasteiger partial charge in [-0.3, -0.25) is 44.3 Å². The number of ether oxygens (including phenoxy) is 1. The van der Waals surface area contributed by atoms with Crippen LogP contribution in [-0.2, 0) is 9.59 Å². The molecule has 4 fully saturated rings. The number of amides is 4. The lowest BCUT2D eigenvalue weighted by molar-refractivity contribution is -0.136. The normalized spacial score (nSPS) is 22.2. The molecule has 6 aliphatic rings. The van der Waals surface area contributed by atoms with E-state index in [1.54, 1.807) is 12.1 Å². The van der Waals surface area contributed by atoms with Gasteiger partial charge in [-0.05, 0) is 88.5 Å². The molecule has 0 aliphatic carbocycles. The minimum absolute atomic E-state index is 0. The molecule has 0 saturated carbocycles. The molecule has 1 unspecified atom stereocenters. The smallest absolute Gasteiger partial charge is 0.262 e. The zero-order chi connectivity index (χ0) is 42.6. The van der Waals surface area contributed by atoms with Crippen LogP contribution >= 0.6 is 0 Å². The summed E-state index contributed by atoms with van der Waals surface area (Å²) in [5.41, 5.74) is 4.42. The Kier molecular flexibility index (Phi) is 13.0. The number of anilines is 1. The van der Waals surface area contributed by atoms with Crippen LogP contribution in [0.15, 0.2) is 47.5 Å². The fraction of sp³-hybridized carbons (Fsp3) is 0.556. The van der Waals surface area contributed by atoms with E-state index in [1.807, 2.05) is 45.9 Å². The number of aliphatic imine (C=N–C) groups is 1. The van der Waals surface area contributed by atoms with Gasteiger partial charge >= 0.3 is 0 Å². The van der Waals surface area contributed by atoms with Gasteiger partial charge in [0, 0.05) is 98.4 Å². The number of carbonyl (C=O) groups excluding carboxylic acids is 4. The Morgan fingerprint density at radius 1 is 0.787 bits per heavy atom. The first-order chi connectivity index (χ1) is 29.7. The standard InChI is InChI=1S/C43H55N11O5.C2H6.2H2/c1-28(2)59-31-4-6-35-34(24-31)40(48-47-35)36-25-38(45-27-44-36)53-21-15-50(16-22-53)14-13-49-11-9-29(10-12-49)26-51-17-19-52(20-18-51)30-3-5-32-33(23-30)43(58)54(42(32)57)37-7-8-39(55)46-41(37)56;1-2;;/h3-6,23-25,28-29,37,44H,7-22,26-27H2,1-2H3,(H,47,48)(H,46,55,56);1-2H3;2*1H. The molecule has 9 rings (SSSR count). The molecule has 1 aromatic heterocycles. The van der Waals surface area contributed by atoms with Crippen molar-refractivity contribution >= 4 is 51.8 Å². The van der Waals surface area contributed by atoms with E-state index in [0.29, 0.717) is 23.7 Å². The molecule has 3 N–H and O–H groups in total. The third-order valence-electron chi connectivity index (χ3n) is 12.8. The van der Waals surface area contributed by atoms with Gasteiger partial charge in [0.2, 0.25) is 11.8 Å². The molecule has 16 heteroatoms. The molecule has 0 bridgehead atoms. The Balaban J connectivity index is 0.00000163. The first kappa shape index (κ1) is 42.4. The number of amidine groups is 1. The maximum atomic E-state index is 13.3. The highest BCUT2D eigenvalue weighted by molar-refractivity contribution is 6.23. The van der Waals surface area contributed by atoms with Crippen LogP contribution in [0.3, 0.4) is 0 Å². The van der Waals surface area contributed by atoms with Gasteiger partial charge < -0.3 is 24.8 Å². The molecular formula is C45H65N11O5. The van der Waals surface area contributed by atoms with Crippen LogP contribution in [0.1, 0.15) is 82.6 Å². The summed E-state index contributed by atoms with van der Waals surface area (Å²) in [6.45, 7) is 21.8. The zero-order valence-corrected chi connectivity index (χ0v) is 36.1. The quantitative estimate of drug-likeness (QED) is 0.255. The number of hydrogen-bond donors (Lipinski definition) is 3. The van der Waals surface area contributed by atoms with E-state index < -0.39 is 23.8 Å². The average molecular weight is 840 g/mol. The van der Waals surface area contributed by atoms with Crippen LogP contribution in [0, 0.1) is 5.92 Å². The summed E-state index contributed by atoms with van der Waals surface area (Å²) in [6.07, 6.45) is 4.94. The zero-order valence-electron chi connectivity index (χ0n) is 36.1.